The van der Waals surface area contributed by atoms with Gasteiger partial charge in [0.05, 0.1) is 25.3 Å². The first-order valence-corrected chi connectivity index (χ1v) is 26.8. The molecule has 4 heterocycles. The molecule has 0 radical (unpaired) electrons. The number of carbonyl (C=O) groups excluding carboxylic acids is 8. The number of Topliss-reactive ketones (excluding diaryl/α,β-unsaturated/α-hetero) is 1. The van der Waals surface area contributed by atoms with Gasteiger partial charge in [-0.3, -0.25) is 39.0 Å². The highest BCUT2D eigenvalue weighted by molar-refractivity contribution is 7.98. The summed E-state index contributed by atoms with van der Waals surface area (Å²) in [7, 11) is 4.42. The Labute approximate surface area is 438 Å². The Kier molecular flexibility index (Phi) is 20.5. The standard InChI is InChI=1S/C52H75ClN6O13S/c1-29-14-13-15-31(3)52(68)28-40(70-50(67)56-52)32(4)45-51(6,72-45)41(27-42(61)58(8)38-24-34(22-29)25-39(69-9)44(38)53)71-49(66)33(5)57(7)48(65)37(18-21-73-10)55-46(63)35(16-11-12-19-54)26-36(60)17-20-59-43(62)23-30(2)47(59)64/h13-15,24-25,30-33,35,37,40-41,45,68H,11-12,16-23,26-28,54H2,1-10H3,(H,55,63)(H,56,67)/b15-13+,29-14+/t30?,31?,32?,33-,35-,37?,40?,41?,45?,51?,52?/m0/s1. The summed E-state index contributed by atoms with van der Waals surface area (Å²) >= 11 is 8.29. The minimum Gasteiger partial charge on any atom is -0.495 e. The molecule has 4 bridgehead atoms. The number of nitrogens with zero attached hydrogens (tertiary/aromatic N) is 3. The van der Waals surface area contributed by atoms with Crippen LogP contribution in [0.4, 0.5) is 10.5 Å². The number of fused-ring (bicyclic) bond motifs is 5. The van der Waals surface area contributed by atoms with Gasteiger partial charge in [0.15, 0.2) is 0 Å². The Morgan fingerprint density at radius 2 is 1.81 bits per heavy atom. The highest BCUT2D eigenvalue weighted by Gasteiger charge is 2.64. The zero-order chi connectivity index (χ0) is 54.1. The van der Waals surface area contributed by atoms with Crippen molar-refractivity contribution in [3.8, 4) is 5.75 Å². The minimum atomic E-state index is -1.69. The molecule has 404 valence electrons. The molecule has 4 aliphatic rings. The molecule has 1 aromatic carbocycles. The highest BCUT2D eigenvalue weighted by atomic mass is 35.5. The number of nitrogens with one attached hydrogen (secondary N) is 2. The van der Waals surface area contributed by atoms with Crippen molar-refractivity contribution >= 4 is 76.4 Å². The zero-order valence-electron chi connectivity index (χ0n) is 43.8. The number of likely N-dealkylation sites (N-methyl/N-ethyl adjacent to an activating group) is 1. The second-order valence-corrected chi connectivity index (χ2v) is 21.6. The van der Waals surface area contributed by atoms with Crippen LogP contribution in [0.3, 0.4) is 0 Å². The molecule has 0 spiro atoms. The van der Waals surface area contributed by atoms with E-state index in [0.717, 1.165) is 16.0 Å². The van der Waals surface area contributed by atoms with Crippen LogP contribution in [0.25, 0.3) is 0 Å². The highest BCUT2D eigenvalue weighted by Crippen LogP contribution is 2.49. The Morgan fingerprint density at radius 3 is 2.45 bits per heavy atom. The van der Waals surface area contributed by atoms with Gasteiger partial charge in [-0.05, 0) is 82.7 Å². The van der Waals surface area contributed by atoms with Crippen molar-refractivity contribution in [2.45, 2.75) is 147 Å². The third kappa shape index (κ3) is 14.4. The number of likely N-dealkylation sites (tertiary alicyclic amines) is 1. The molecular formula is C52H75ClN6O13S. The molecule has 0 aromatic heterocycles. The van der Waals surface area contributed by atoms with Crippen molar-refractivity contribution in [2.24, 2.45) is 29.4 Å². The topological polar surface area (TPSA) is 257 Å². The van der Waals surface area contributed by atoms with E-state index in [0.29, 0.717) is 49.4 Å². The number of ether oxygens (including phenoxy) is 4. The van der Waals surface area contributed by atoms with Crippen molar-refractivity contribution in [3.05, 3.63) is 46.5 Å². The predicted octanol–water partition coefficient (Wildman–Crippen LogP) is 4.86. The summed E-state index contributed by atoms with van der Waals surface area (Å²) in [6, 6.07) is 1.18. The van der Waals surface area contributed by atoms with Crippen LogP contribution in [-0.2, 0) is 54.2 Å². The van der Waals surface area contributed by atoms with Crippen molar-refractivity contribution in [2.75, 3.05) is 51.2 Å². The Balaban J connectivity index is 1.39. The first-order chi connectivity index (χ1) is 34.4. The molecule has 5 rings (SSSR count). The summed E-state index contributed by atoms with van der Waals surface area (Å²) in [5, 5.41) is 17.5. The van der Waals surface area contributed by atoms with E-state index in [2.05, 4.69) is 10.6 Å². The van der Waals surface area contributed by atoms with E-state index >= 15 is 0 Å². The monoisotopic (exact) mass is 1060 g/mol. The molecule has 0 saturated carbocycles. The van der Waals surface area contributed by atoms with Gasteiger partial charge in [-0.2, -0.15) is 11.8 Å². The zero-order valence-corrected chi connectivity index (χ0v) is 45.4. The quantitative estimate of drug-likeness (QED) is 0.0625. The van der Waals surface area contributed by atoms with Crippen molar-refractivity contribution < 1.29 is 62.4 Å². The van der Waals surface area contributed by atoms with Crippen LogP contribution in [0.1, 0.15) is 105 Å². The molecule has 3 saturated heterocycles. The van der Waals surface area contributed by atoms with E-state index in [1.54, 1.807) is 53.0 Å². The van der Waals surface area contributed by atoms with Gasteiger partial charge in [-0.15, -0.1) is 0 Å². The molecule has 11 atom stereocenters. The summed E-state index contributed by atoms with van der Waals surface area (Å²) in [5.41, 5.74) is 4.78. The maximum absolute atomic E-state index is 14.5. The number of halogens is 1. The number of methoxy groups -OCH3 is 1. The molecule has 3 fully saturated rings. The number of alkyl carbamates (subject to hydrolysis) is 1. The molecule has 19 nitrogen and oxygen atoms in total. The summed E-state index contributed by atoms with van der Waals surface area (Å²) in [6.07, 6.45) is 5.06. The summed E-state index contributed by atoms with van der Waals surface area (Å²) in [6.45, 7) is 10.6. The Bertz CT molecular complexity index is 2320. The number of amides is 6. The fourth-order valence-electron chi connectivity index (χ4n) is 9.68. The van der Waals surface area contributed by atoms with Crippen LogP contribution in [0, 0.1) is 23.7 Å². The number of epoxide rings is 1. The second-order valence-electron chi connectivity index (χ2n) is 20.3. The molecule has 4 aliphatic heterocycles. The summed E-state index contributed by atoms with van der Waals surface area (Å²) in [4.78, 5) is 112. The first kappa shape index (κ1) is 58.9. The van der Waals surface area contributed by atoms with Crippen molar-refractivity contribution in [1.82, 2.24) is 20.4 Å². The number of unbranched alkanes of at least 4 members (excludes halogenated alkanes) is 1. The van der Waals surface area contributed by atoms with Gasteiger partial charge in [0.25, 0.3) is 0 Å². The maximum Gasteiger partial charge on any atom is 0.409 e. The molecule has 9 unspecified atom stereocenters. The lowest BCUT2D eigenvalue weighted by Gasteiger charge is -2.41. The van der Waals surface area contributed by atoms with Gasteiger partial charge >= 0.3 is 12.1 Å². The third-order valence-corrected chi connectivity index (χ3v) is 15.8. The third-order valence-electron chi connectivity index (χ3n) is 14.8. The van der Waals surface area contributed by atoms with Crippen LogP contribution in [-0.4, -0.2) is 150 Å². The van der Waals surface area contributed by atoms with Crippen molar-refractivity contribution in [3.63, 3.8) is 0 Å². The average molecular weight is 1060 g/mol. The number of aliphatic hydroxyl groups is 1. The van der Waals surface area contributed by atoms with Crippen molar-refractivity contribution in [1.29, 1.82) is 0 Å². The van der Waals surface area contributed by atoms with E-state index in [1.807, 2.05) is 25.3 Å². The number of allylic oxidation sites excluding steroid dienone is 3. The van der Waals surface area contributed by atoms with Gasteiger partial charge in [0.2, 0.25) is 29.5 Å². The molecule has 1 aromatic rings. The number of esters is 1. The van der Waals surface area contributed by atoms with Gasteiger partial charge in [0.1, 0.15) is 52.2 Å². The molecule has 6 amide bonds. The fraction of sp³-hybridized carbons (Fsp3) is 0.654. The van der Waals surface area contributed by atoms with E-state index in [1.165, 1.54) is 42.6 Å². The number of hydrogen-bond acceptors (Lipinski definition) is 15. The smallest absolute Gasteiger partial charge is 0.409 e. The molecule has 0 aliphatic carbocycles. The SMILES string of the molecule is COc1cc2cc(c1Cl)N(C)C(=O)CC(OC(=O)[C@H](C)N(C)C(=O)C(CCSC)NC(=O)[C@@H](CCCCN)CC(=O)CCN1C(=O)CC(C)C1=O)C1(C)OC1C(C)C1CC(O)(NC(=O)O1)C(C)/C=C/C=C(\C)C2. The number of anilines is 1. The van der Waals surface area contributed by atoms with Crippen LogP contribution in [0.5, 0.6) is 5.75 Å². The lowest BCUT2D eigenvalue weighted by Crippen LogP contribution is -2.60. The molecule has 21 heteroatoms. The fourth-order valence-corrected chi connectivity index (χ4v) is 10.5. The molecular weight excluding hydrogens is 984 g/mol. The number of imide groups is 1. The second kappa shape index (κ2) is 25.5. The minimum absolute atomic E-state index is 0.00823. The molecule has 73 heavy (non-hydrogen) atoms. The number of thioether (sulfide) groups is 1. The number of benzene rings is 1. The van der Waals surface area contributed by atoms with Crippen LogP contribution < -0.4 is 26.0 Å². The number of hydrogen-bond donors (Lipinski definition) is 4. The first-order valence-electron chi connectivity index (χ1n) is 25.1. The summed E-state index contributed by atoms with van der Waals surface area (Å²) in [5.74, 6) is -5.15. The van der Waals surface area contributed by atoms with E-state index in [4.69, 9.17) is 36.3 Å². The van der Waals surface area contributed by atoms with Crippen LogP contribution in [0.15, 0.2) is 35.9 Å². The lowest BCUT2D eigenvalue weighted by atomic mass is 9.82. The normalized spacial score (nSPS) is 28.9. The largest absolute Gasteiger partial charge is 0.495 e. The predicted molar refractivity (Wildman–Crippen MR) is 275 cm³/mol. The number of ketones is 1. The number of nitrogens with two attached hydrogens (primary N) is 1. The number of carbonyl (C=O) groups is 8. The Morgan fingerprint density at radius 1 is 1.10 bits per heavy atom. The van der Waals surface area contributed by atoms with E-state index in [-0.39, 0.29) is 61.3 Å². The van der Waals surface area contributed by atoms with Gasteiger partial charge in [-0.25, -0.2) is 9.59 Å². The lowest BCUT2D eigenvalue weighted by molar-refractivity contribution is -0.162. The van der Waals surface area contributed by atoms with Crippen LogP contribution >= 0.6 is 23.4 Å². The van der Waals surface area contributed by atoms with Gasteiger partial charge < -0.3 is 44.9 Å². The van der Waals surface area contributed by atoms with Crippen LogP contribution in [0.2, 0.25) is 5.02 Å². The maximum atomic E-state index is 14.5. The number of rotatable bonds is 19. The molecule has 5 N–H and O–H groups in total. The van der Waals surface area contributed by atoms with Gasteiger partial charge in [0, 0.05) is 70.0 Å². The summed E-state index contributed by atoms with van der Waals surface area (Å²) < 4.78 is 23.9. The van der Waals surface area contributed by atoms with E-state index < -0.39 is 102 Å². The Hall–Kier alpha value is -5.02. The average Bonchev–Trinajstić information content (AvgIpc) is 3.98. The van der Waals surface area contributed by atoms with E-state index in [9.17, 15) is 43.5 Å². The van der Waals surface area contributed by atoms with Gasteiger partial charge in [-0.1, -0.05) is 62.6 Å².